The van der Waals surface area contributed by atoms with Gasteiger partial charge in [-0.15, -0.1) is 0 Å². The van der Waals surface area contributed by atoms with Gasteiger partial charge in [-0.1, -0.05) is 48.5 Å². The molecule has 0 aliphatic carbocycles. The minimum Gasteiger partial charge on any atom is -0.459 e. The fraction of sp³-hybridized carbons (Fsp3) is 0.947. The third kappa shape index (κ3) is 7.24. The first-order valence-electron chi connectivity index (χ1n) is 9.30. The van der Waals surface area contributed by atoms with Gasteiger partial charge in [-0.2, -0.15) is 0 Å². The van der Waals surface area contributed by atoms with Crippen LogP contribution in [-0.2, 0) is 14.0 Å². The highest BCUT2D eigenvalue weighted by Crippen LogP contribution is 2.50. The summed E-state index contributed by atoms with van der Waals surface area (Å²) in [6.07, 6.45) is 0.910. The van der Waals surface area contributed by atoms with Crippen molar-refractivity contribution in [3.63, 3.8) is 0 Å². The van der Waals surface area contributed by atoms with Gasteiger partial charge in [-0.05, 0) is 49.9 Å². The molecule has 144 valence electrons. The molecule has 0 aromatic heterocycles. The Morgan fingerprint density at radius 1 is 1.00 bits per heavy atom. The number of hydrogen-bond donors (Lipinski definition) is 1. The van der Waals surface area contributed by atoms with Crippen molar-refractivity contribution in [1.82, 2.24) is 5.32 Å². The van der Waals surface area contributed by atoms with E-state index >= 15 is 0 Å². The molecule has 0 saturated heterocycles. The third-order valence-electron chi connectivity index (χ3n) is 4.42. The fourth-order valence-electron chi connectivity index (χ4n) is 3.95. The maximum Gasteiger partial charge on any atom is 0.320 e. The van der Waals surface area contributed by atoms with E-state index in [1.54, 1.807) is 0 Å². The van der Waals surface area contributed by atoms with E-state index in [2.05, 4.69) is 53.8 Å². The molecule has 0 saturated carbocycles. The van der Waals surface area contributed by atoms with Crippen LogP contribution in [0.4, 0.5) is 0 Å². The fourth-order valence-corrected chi connectivity index (χ4v) is 10.3. The summed E-state index contributed by atoms with van der Waals surface area (Å²) in [6.45, 7) is 23.6. The zero-order valence-electron chi connectivity index (χ0n) is 17.7. The van der Waals surface area contributed by atoms with Crippen molar-refractivity contribution in [2.45, 2.75) is 97.4 Å². The van der Waals surface area contributed by atoms with Gasteiger partial charge in [0, 0.05) is 6.61 Å². The standard InChI is InChI=1S/C19H41NO3Si/c1-15(2)24(16(3)4,19(8,9)10)22-13-11-12-20-14-17(21)23-18(5,6)7/h15-16,20H,11-14H2,1-10H3. The molecule has 0 bridgehead atoms. The molecule has 0 amide bonds. The topological polar surface area (TPSA) is 47.6 Å². The molecule has 4 nitrogen and oxygen atoms in total. The predicted molar refractivity (Wildman–Crippen MR) is 105 cm³/mol. The van der Waals surface area contributed by atoms with E-state index in [-0.39, 0.29) is 17.6 Å². The van der Waals surface area contributed by atoms with Gasteiger partial charge in [0.25, 0.3) is 0 Å². The van der Waals surface area contributed by atoms with E-state index in [0.717, 1.165) is 19.6 Å². The van der Waals surface area contributed by atoms with E-state index in [1.165, 1.54) is 0 Å². The van der Waals surface area contributed by atoms with E-state index in [0.29, 0.717) is 11.1 Å². The largest absolute Gasteiger partial charge is 0.459 e. The Bertz CT molecular complexity index is 373. The average Bonchev–Trinajstić information content (AvgIpc) is 2.32. The number of esters is 1. The lowest BCUT2D eigenvalue weighted by molar-refractivity contribution is -0.153. The monoisotopic (exact) mass is 359 g/mol. The first-order valence-corrected chi connectivity index (χ1v) is 11.4. The Kier molecular flexibility index (Phi) is 9.19. The van der Waals surface area contributed by atoms with Crippen molar-refractivity contribution in [3.05, 3.63) is 0 Å². The summed E-state index contributed by atoms with van der Waals surface area (Å²) in [5.41, 5.74) is 0.730. The number of hydrogen-bond acceptors (Lipinski definition) is 4. The first-order chi connectivity index (χ1) is 10.7. The van der Waals surface area contributed by atoms with Crippen LogP contribution in [0.15, 0.2) is 0 Å². The Morgan fingerprint density at radius 2 is 1.50 bits per heavy atom. The molecule has 0 heterocycles. The molecule has 0 aromatic carbocycles. The van der Waals surface area contributed by atoms with Crippen LogP contribution in [0.2, 0.25) is 16.1 Å². The van der Waals surface area contributed by atoms with Crippen molar-refractivity contribution in [3.8, 4) is 0 Å². The smallest absolute Gasteiger partial charge is 0.320 e. The van der Waals surface area contributed by atoms with Gasteiger partial charge >= 0.3 is 5.97 Å². The SMILES string of the molecule is CC(C)[Si](OCCCNCC(=O)OC(C)(C)C)(C(C)C)C(C)(C)C. The quantitative estimate of drug-likeness (QED) is 0.362. The molecule has 24 heavy (non-hydrogen) atoms. The minimum atomic E-state index is -1.88. The molecule has 0 aliphatic heterocycles. The second kappa shape index (κ2) is 9.34. The van der Waals surface area contributed by atoms with Crippen LogP contribution < -0.4 is 5.32 Å². The molecule has 0 aromatic rings. The van der Waals surface area contributed by atoms with Crippen molar-refractivity contribution in [2.24, 2.45) is 0 Å². The highest BCUT2D eigenvalue weighted by atomic mass is 28.4. The third-order valence-corrected chi connectivity index (χ3v) is 10.9. The lowest BCUT2D eigenvalue weighted by atomic mass is 10.2. The molecule has 5 heteroatoms. The number of rotatable bonds is 9. The lowest BCUT2D eigenvalue weighted by Crippen LogP contribution is -2.52. The van der Waals surface area contributed by atoms with Crippen molar-refractivity contribution < 1.29 is 14.0 Å². The van der Waals surface area contributed by atoms with Gasteiger partial charge in [0.15, 0.2) is 0 Å². The van der Waals surface area contributed by atoms with Crippen LogP contribution in [0.5, 0.6) is 0 Å². The van der Waals surface area contributed by atoms with Crippen molar-refractivity contribution in [2.75, 3.05) is 19.7 Å². The van der Waals surface area contributed by atoms with E-state index < -0.39 is 13.9 Å². The Hall–Kier alpha value is -0.393. The number of ether oxygens (including phenoxy) is 1. The molecule has 0 aliphatic rings. The van der Waals surface area contributed by atoms with Gasteiger partial charge in [-0.3, -0.25) is 4.79 Å². The van der Waals surface area contributed by atoms with Crippen molar-refractivity contribution >= 4 is 14.3 Å². The second-order valence-electron chi connectivity index (χ2n) is 9.32. The van der Waals surface area contributed by atoms with E-state index in [1.807, 2.05) is 20.8 Å². The van der Waals surface area contributed by atoms with Crippen LogP contribution in [0.1, 0.15) is 75.7 Å². The highest BCUT2D eigenvalue weighted by molar-refractivity contribution is 6.79. The average molecular weight is 360 g/mol. The molecule has 0 rings (SSSR count). The summed E-state index contributed by atoms with van der Waals surface area (Å²) in [6, 6.07) is 0. The molecular weight excluding hydrogens is 318 g/mol. The van der Waals surface area contributed by atoms with Gasteiger partial charge in [0.1, 0.15) is 5.60 Å². The molecular formula is C19H41NO3Si. The first kappa shape index (κ1) is 23.6. The maximum absolute atomic E-state index is 11.7. The van der Waals surface area contributed by atoms with Crippen LogP contribution in [-0.4, -0.2) is 39.6 Å². The van der Waals surface area contributed by atoms with Gasteiger partial charge in [0.2, 0.25) is 8.32 Å². The maximum atomic E-state index is 11.7. The number of carbonyl (C=O) groups excluding carboxylic acids is 1. The number of nitrogens with one attached hydrogen (secondary N) is 1. The zero-order valence-corrected chi connectivity index (χ0v) is 18.7. The van der Waals surface area contributed by atoms with Crippen LogP contribution in [0, 0.1) is 0 Å². The summed E-state index contributed by atoms with van der Waals surface area (Å²) in [4.78, 5) is 11.7. The summed E-state index contributed by atoms with van der Waals surface area (Å²) in [5.74, 6) is -0.203. The normalized spacial score (nSPS) is 13.7. The Morgan fingerprint density at radius 3 is 1.88 bits per heavy atom. The predicted octanol–water partition coefficient (Wildman–Crippen LogP) is 4.89. The van der Waals surface area contributed by atoms with Crippen LogP contribution >= 0.6 is 0 Å². The second-order valence-corrected chi connectivity index (χ2v) is 15.0. The van der Waals surface area contributed by atoms with Crippen LogP contribution in [0.25, 0.3) is 0 Å². The Labute approximate surface area is 151 Å². The minimum absolute atomic E-state index is 0.203. The zero-order chi connectivity index (χ0) is 19.2. The summed E-state index contributed by atoms with van der Waals surface area (Å²) in [7, 11) is -1.88. The van der Waals surface area contributed by atoms with Gasteiger partial charge in [-0.25, -0.2) is 0 Å². The van der Waals surface area contributed by atoms with Crippen LogP contribution in [0.3, 0.4) is 0 Å². The molecule has 1 N–H and O–H groups in total. The molecule has 0 fully saturated rings. The molecule has 0 unspecified atom stereocenters. The van der Waals surface area contributed by atoms with E-state index in [9.17, 15) is 4.79 Å². The van der Waals surface area contributed by atoms with Gasteiger partial charge in [0.05, 0.1) is 6.54 Å². The summed E-state index contributed by atoms with van der Waals surface area (Å²) in [5, 5.41) is 3.36. The lowest BCUT2D eigenvalue weighted by Gasteiger charge is -2.48. The van der Waals surface area contributed by atoms with E-state index in [4.69, 9.17) is 9.16 Å². The number of carbonyl (C=O) groups is 1. The summed E-state index contributed by atoms with van der Waals surface area (Å²) >= 11 is 0. The molecule has 0 spiro atoms. The summed E-state index contributed by atoms with van der Waals surface area (Å²) < 4.78 is 11.9. The van der Waals surface area contributed by atoms with Gasteiger partial charge < -0.3 is 14.5 Å². The highest BCUT2D eigenvalue weighted by Gasteiger charge is 2.51. The molecule has 0 radical (unpaired) electrons. The molecule has 0 atom stereocenters. The van der Waals surface area contributed by atoms with Crippen molar-refractivity contribution in [1.29, 1.82) is 0 Å². The Balaban J connectivity index is 4.35.